The van der Waals surface area contributed by atoms with Crippen LogP contribution in [0.5, 0.6) is 0 Å². The molecule has 2 N–H and O–H groups in total. The molecule has 0 aromatic heterocycles. The number of anilines is 1. The zero-order valence-electron chi connectivity index (χ0n) is 10.7. The third-order valence-electron chi connectivity index (χ3n) is 2.50. The minimum absolute atomic E-state index is 0.133. The van der Waals surface area contributed by atoms with Gasteiger partial charge in [0.15, 0.2) is 0 Å². The number of nitrogens with one attached hydrogen (secondary N) is 2. The summed E-state index contributed by atoms with van der Waals surface area (Å²) in [5, 5.41) is 5.73. The summed E-state index contributed by atoms with van der Waals surface area (Å²) in [5.74, 6) is -0.359. The molecule has 0 unspecified atom stereocenters. The molecule has 1 rings (SSSR count). The maximum Gasteiger partial charge on any atom is 0.305 e. The molecule has 98 valence electrons. The van der Waals surface area contributed by atoms with Crippen LogP contribution in [0.25, 0.3) is 0 Å². The molecule has 0 saturated carbocycles. The highest BCUT2D eigenvalue weighted by Gasteiger charge is 2.08. The van der Waals surface area contributed by atoms with E-state index in [2.05, 4.69) is 15.4 Å². The van der Waals surface area contributed by atoms with Gasteiger partial charge < -0.3 is 15.4 Å². The van der Waals surface area contributed by atoms with Crippen molar-refractivity contribution in [2.24, 2.45) is 0 Å². The number of carbonyl (C=O) groups is 2. The van der Waals surface area contributed by atoms with E-state index in [4.69, 9.17) is 0 Å². The Hall–Kier alpha value is -2.04. The summed E-state index contributed by atoms with van der Waals surface area (Å²) in [4.78, 5) is 22.5. The number of amides is 1. The smallest absolute Gasteiger partial charge is 0.305 e. The fraction of sp³-hybridized carbons (Fsp3) is 0.385. The van der Waals surface area contributed by atoms with Crippen molar-refractivity contribution in [3.8, 4) is 0 Å². The van der Waals surface area contributed by atoms with Gasteiger partial charge in [0, 0.05) is 25.7 Å². The molecule has 18 heavy (non-hydrogen) atoms. The second kappa shape index (κ2) is 7.32. The van der Waals surface area contributed by atoms with Crippen molar-refractivity contribution >= 4 is 17.6 Å². The minimum atomic E-state index is -0.226. The van der Waals surface area contributed by atoms with Gasteiger partial charge in [-0.05, 0) is 18.6 Å². The molecule has 5 heteroatoms. The Bertz CT molecular complexity index is 418. The molecule has 0 aliphatic rings. The van der Waals surface area contributed by atoms with Crippen LogP contribution in [0.2, 0.25) is 0 Å². The van der Waals surface area contributed by atoms with Crippen LogP contribution in [0.1, 0.15) is 23.2 Å². The first-order valence-corrected chi connectivity index (χ1v) is 5.81. The summed E-state index contributed by atoms with van der Waals surface area (Å²) >= 11 is 0. The third kappa shape index (κ3) is 4.08. The lowest BCUT2D eigenvalue weighted by Gasteiger charge is -2.10. The Kier molecular flexibility index (Phi) is 5.70. The summed E-state index contributed by atoms with van der Waals surface area (Å²) in [6, 6.07) is 7.25. The molecule has 0 bridgehead atoms. The molecule has 1 aromatic rings. The van der Waals surface area contributed by atoms with Crippen LogP contribution in [0.4, 0.5) is 5.69 Å². The molecule has 0 fully saturated rings. The number of hydrogen-bond donors (Lipinski definition) is 2. The Balaban J connectivity index is 2.51. The van der Waals surface area contributed by atoms with Gasteiger partial charge in [0.1, 0.15) is 0 Å². The molecular weight excluding hydrogens is 232 g/mol. The quantitative estimate of drug-likeness (QED) is 0.591. The van der Waals surface area contributed by atoms with Crippen LogP contribution in [-0.4, -0.2) is 32.6 Å². The van der Waals surface area contributed by atoms with Crippen LogP contribution in [0.15, 0.2) is 24.3 Å². The number of ether oxygens (including phenoxy) is 1. The largest absolute Gasteiger partial charge is 0.469 e. The van der Waals surface area contributed by atoms with E-state index in [1.165, 1.54) is 7.11 Å². The molecule has 0 aliphatic heterocycles. The van der Waals surface area contributed by atoms with Crippen LogP contribution in [0, 0.1) is 0 Å². The molecule has 0 aliphatic carbocycles. The van der Waals surface area contributed by atoms with E-state index in [9.17, 15) is 9.59 Å². The lowest BCUT2D eigenvalue weighted by atomic mass is 10.1. The summed E-state index contributed by atoms with van der Waals surface area (Å²) in [6.45, 7) is 0.614. The molecule has 0 saturated heterocycles. The van der Waals surface area contributed by atoms with Gasteiger partial charge in [0.05, 0.1) is 12.7 Å². The van der Waals surface area contributed by atoms with Gasteiger partial charge in [-0.3, -0.25) is 9.59 Å². The highest BCUT2D eigenvalue weighted by atomic mass is 16.5. The Morgan fingerprint density at radius 2 is 2.00 bits per heavy atom. The van der Waals surface area contributed by atoms with Gasteiger partial charge in [0.25, 0.3) is 5.91 Å². The van der Waals surface area contributed by atoms with E-state index in [1.54, 1.807) is 13.1 Å². The van der Waals surface area contributed by atoms with E-state index in [-0.39, 0.29) is 11.9 Å². The fourth-order valence-electron chi connectivity index (χ4n) is 1.53. The van der Waals surface area contributed by atoms with Gasteiger partial charge >= 0.3 is 5.97 Å². The lowest BCUT2D eigenvalue weighted by Crippen LogP contribution is -2.20. The number of esters is 1. The molecule has 0 heterocycles. The first-order valence-electron chi connectivity index (χ1n) is 5.81. The number of rotatable bonds is 6. The zero-order valence-corrected chi connectivity index (χ0v) is 10.7. The van der Waals surface area contributed by atoms with Crippen LogP contribution >= 0.6 is 0 Å². The normalized spacial score (nSPS) is 9.67. The van der Waals surface area contributed by atoms with E-state index in [0.717, 1.165) is 5.69 Å². The van der Waals surface area contributed by atoms with Crippen molar-refractivity contribution in [3.05, 3.63) is 29.8 Å². The van der Waals surface area contributed by atoms with Crippen molar-refractivity contribution in [1.82, 2.24) is 5.32 Å². The molecular formula is C13H18N2O3. The van der Waals surface area contributed by atoms with Crippen LogP contribution in [-0.2, 0) is 9.53 Å². The standard InChI is InChI=1S/C13H18N2O3/c1-14-13(17)10-6-3-4-7-11(10)15-9-5-8-12(16)18-2/h3-4,6-7,15H,5,8-9H2,1-2H3,(H,14,17). The summed E-state index contributed by atoms with van der Waals surface area (Å²) in [7, 11) is 2.97. The number of methoxy groups -OCH3 is 1. The van der Waals surface area contributed by atoms with E-state index in [0.29, 0.717) is 24.9 Å². The molecule has 0 spiro atoms. The topological polar surface area (TPSA) is 67.4 Å². The number of benzene rings is 1. The second-order valence-corrected chi connectivity index (χ2v) is 3.73. The minimum Gasteiger partial charge on any atom is -0.469 e. The molecule has 5 nitrogen and oxygen atoms in total. The third-order valence-corrected chi connectivity index (χ3v) is 2.50. The maximum absolute atomic E-state index is 11.6. The number of para-hydroxylation sites is 1. The maximum atomic E-state index is 11.6. The SMILES string of the molecule is CNC(=O)c1ccccc1NCCCC(=O)OC. The predicted molar refractivity (Wildman–Crippen MR) is 69.6 cm³/mol. The van der Waals surface area contributed by atoms with Gasteiger partial charge in [-0.25, -0.2) is 0 Å². The average molecular weight is 250 g/mol. The van der Waals surface area contributed by atoms with Crippen LogP contribution in [0.3, 0.4) is 0 Å². The number of hydrogen-bond acceptors (Lipinski definition) is 4. The van der Waals surface area contributed by atoms with Gasteiger partial charge in [-0.15, -0.1) is 0 Å². The van der Waals surface area contributed by atoms with Crippen LogP contribution < -0.4 is 10.6 Å². The first kappa shape index (κ1) is 14.0. The van der Waals surface area contributed by atoms with Crippen molar-refractivity contribution < 1.29 is 14.3 Å². The van der Waals surface area contributed by atoms with Crippen molar-refractivity contribution in [2.45, 2.75) is 12.8 Å². The highest BCUT2D eigenvalue weighted by molar-refractivity contribution is 5.99. The second-order valence-electron chi connectivity index (χ2n) is 3.73. The zero-order chi connectivity index (χ0) is 13.4. The summed E-state index contributed by atoms with van der Waals surface area (Å²) < 4.78 is 4.55. The Labute approximate surface area is 107 Å². The molecule has 0 atom stereocenters. The van der Waals surface area contributed by atoms with Crippen molar-refractivity contribution in [3.63, 3.8) is 0 Å². The van der Waals surface area contributed by atoms with Crippen molar-refractivity contribution in [2.75, 3.05) is 26.0 Å². The van der Waals surface area contributed by atoms with E-state index >= 15 is 0 Å². The predicted octanol–water partition coefficient (Wildman–Crippen LogP) is 1.41. The monoisotopic (exact) mass is 250 g/mol. The molecule has 1 aromatic carbocycles. The first-order chi connectivity index (χ1) is 8.69. The van der Waals surface area contributed by atoms with Crippen molar-refractivity contribution in [1.29, 1.82) is 0 Å². The highest BCUT2D eigenvalue weighted by Crippen LogP contribution is 2.14. The Morgan fingerprint density at radius 3 is 2.67 bits per heavy atom. The van der Waals surface area contributed by atoms with E-state index in [1.807, 2.05) is 18.2 Å². The fourth-order valence-corrected chi connectivity index (χ4v) is 1.53. The van der Waals surface area contributed by atoms with Gasteiger partial charge in [-0.1, -0.05) is 12.1 Å². The summed E-state index contributed by atoms with van der Waals surface area (Å²) in [5.41, 5.74) is 1.36. The molecule has 1 amide bonds. The van der Waals surface area contributed by atoms with E-state index < -0.39 is 0 Å². The molecule has 0 radical (unpaired) electrons. The average Bonchev–Trinajstić information content (AvgIpc) is 2.42. The lowest BCUT2D eigenvalue weighted by molar-refractivity contribution is -0.140. The summed E-state index contributed by atoms with van der Waals surface area (Å²) in [6.07, 6.45) is 1.03. The Morgan fingerprint density at radius 1 is 1.28 bits per heavy atom. The van der Waals surface area contributed by atoms with Gasteiger partial charge in [-0.2, -0.15) is 0 Å². The number of carbonyl (C=O) groups excluding carboxylic acids is 2. The van der Waals surface area contributed by atoms with Gasteiger partial charge in [0.2, 0.25) is 0 Å².